The number of carbonyl (C=O) groups is 3. The van der Waals surface area contributed by atoms with Crippen molar-refractivity contribution in [2.45, 2.75) is 57.7 Å². The van der Waals surface area contributed by atoms with Gasteiger partial charge in [0.1, 0.15) is 11.6 Å². The van der Waals surface area contributed by atoms with Crippen molar-refractivity contribution in [2.75, 3.05) is 6.54 Å². The largest absolute Gasteiger partial charge is 0.443 e. The summed E-state index contributed by atoms with van der Waals surface area (Å²) < 4.78 is 5.38. The second-order valence-electron chi connectivity index (χ2n) is 7.63. The minimum atomic E-state index is -0.672. The maximum absolute atomic E-state index is 13.0. The predicted octanol–water partition coefficient (Wildman–Crippen LogP) is 2.37. The number of imide groups is 1. The number of carbonyl (C=O) groups excluding carboxylic acids is 3. The molecule has 0 unspecified atom stereocenters. The van der Waals surface area contributed by atoms with E-state index in [1.54, 1.807) is 25.7 Å². The summed E-state index contributed by atoms with van der Waals surface area (Å²) in [6, 6.07) is 8.79. The van der Waals surface area contributed by atoms with E-state index in [4.69, 9.17) is 4.74 Å². The molecule has 3 rings (SSSR count). The molecule has 0 aromatic heterocycles. The van der Waals surface area contributed by atoms with E-state index in [1.807, 2.05) is 30.3 Å². The average Bonchev–Trinajstić information content (AvgIpc) is 2.90. The molecule has 0 aliphatic carbocycles. The van der Waals surface area contributed by atoms with Gasteiger partial charge in [0, 0.05) is 12.8 Å². The number of hydrogen-bond donors (Lipinski definition) is 0. The van der Waals surface area contributed by atoms with Crippen molar-refractivity contribution in [1.29, 1.82) is 0 Å². The van der Waals surface area contributed by atoms with Crippen LogP contribution < -0.4 is 0 Å². The molecule has 134 valence electrons. The zero-order valence-corrected chi connectivity index (χ0v) is 14.9. The Bertz CT molecular complexity index is 680. The highest BCUT2D eigenvalue weighted by atomic mass is 16.6. The van der Waals surface area contributed by atoms with Gasteiger partial charge < -0.3 is 9.64 Å². The summed E-state index contributed by atoms with van der Waals surface area (Å²) in [6.07, 6.45) is 0.859. The molecule has 0 bridgehead atoms. The molecule has 2 saturated heterocycles. The second kappa shape index (κ2) is 6.50. The summed E-state index contributed by atoms with van der Waals surface area (Å²) >= 11 is 0. The van der Waals surface area contributed by atoms with Gasteiger partial charge in [0.15, 0.2) is 0 Å². The van der Waals surface area contributed by atoms with Crippen molar-refractivity contribution in [3.05, 3.63) is 35.9 Å². The summed E-state index contributed by atoms with van der Waals surface area (Å²) in [7, 11) is 0. The van der Waals surface area contributed by atoms with Crippen LogP contribution in [0.3, 0.4) is 0 Å². The molecule has 0 saturated carbocycles. The fourth-order valence-electron chi connectivity index (χ4n) is 3.47. The van der Waals surface area contributed by atoms with Crippen molar-refractivity contribution < 1.29 is 19.1 Å². The fourth-order valence-corrected chi connectivity index (χ4v) is 3.47. The smallest absolute Gasteiger partial charge is 0.417 e. The first kappa shape index (κ1) is 17.5. The monoisotopic (exact) mass is 344 g/mol. The minimum absolute atomic E-state index is 0.0110. The Morgan fingerprint density at radius 3 is 2.52 bits per heavy atom. The van der Waals surface area contributed by atoms with Crippen LogP contribution in [0.4, 0.5) is 4.79 Å². The average molecular weight is 344 g/mol. The number of fused-ring (bicyclic) bond motifs is 1. The third kappa shape index (κ3) is 3.67. The van der Waals surface area contributed by atoms with E-state index in [-0.39, 0.29) is 24.4 Å². The summed E-state index contributed by atoms with van der Waals surface area (Å²) in [4.78, 5) is 40.6. The van der Waals surface area contributed by atoms with Crippen LogP contribution in [0.25, 0.3) is 0 Å². The van der Waals surface area contributed by atoms with Crippen LogP contribution in [-0.2, 0) is 20.7 Å². The third-order valence-corrected chi connectivity index (χ3v) is 4.54. The zero-order chi connectivity index (χ0) is 18.2. The number of nitrogens with zero attached hydrogens (tertiary/aromatic N) is 2. The van der Waals surface area contributed by atoms with E-state index < -0.39 is 17.7 Å². The number of ether oxygens (including phenoxy) is 1. The zero-order valence-electron chi connectivity index (χ0n) is 14.9. The molecule has 2 fully saturated rings. The van der Waals surface area contributed by atoms with E-state index in [0.29, 0.717) is 19.3 Å². The highest BCUT2D eigenvalue weighted by Gasteiger charge is 2.48. The number of hydrogen-bond acceptors (Lipinski definition) is 4. The molecule has 1 aromatic carbocycles. The molecule has 0 spiro atoms. The molecule has 6 heteroatoms. The highest BCUT2D eigenvalue weighted by molar-refractivity contribution is 5.99. The van der Waals surface area contributed by atoms with E-state index in [1.165, 1.54) is 4.90 Å². The van der Waals surface area contributed by atoms with Gasteiger partial charge >= 0.3 is 6.09 Å². The molecule has 25 heavy (non-hydrogen) atoms. The Kier molecular flexibility index (Phi) is 4.54. The highest BCUT2D eigenvalue weighted by Crippen LogP contribution is 2.30. The van der Waals surface area contributed by atoms with Gasteiger partial charge in [-0.15, -0.1) is 0 Å². The lowest BCUT2D eigenvalue weighted by Gasteiger charge is -2.42. The van der Waals surface area contributed by atoms with E-state index in [9.17, 15) is 14.4 Å². The number of piperazine rings is 1. The molecule has 1 aromatic rings. The SMILES string of the molecule is CC(C)(C)OC(=O)N1C[C@@H]2CCC(=O)N2[C@@H](Cc2ccccc2)C1=O. The van der Waals surface area contributed by atoms with Gasteiger partial charge in [0.25, 0.3) is 5.91 Å². The fraction of sp³-hybridized carbons (Fsp3) is 0.526. The Morgan fingerprint density at radius 1 is 1.20 bits per heavy atom. The van der Waals surface area contributed by atoms with Gasteiger partial charge in [-0.2, -0.15) is 0 Å². The molecular weight excluding hydrogens is 320 g/mol. The molecular formula is C19H24N2O4. The number of benzene rings is 1. The van der Waals surface area contributed by atoms with Gasteiger partial charge in [0.2, 0.25) is 5.91 Å². The Hall–Kier alpha value is -2.37. The van der Waals surface area contributed by atoms with Crippen LogP contribution in [0.2, 0.25) is 0 Å². The maximum atomic E-state index is 13.0. The van der Waals surface area contributed by atoms with Crippen molar-refractivity contribution in [3.63, 3.8) is 0 Å². The first-order chi connectivity index (χ1) is 11.8. The van der Waals surface area contributed by atoms with Crippen LogP contribution in [-0.4, -0.2) is 51.9 Å². The molecule has 6 nitrogen and oxygen atoms in total. The van der Waals surface area contributed by atoms with Gasteiger partial charge in [-0.25, -0.2) is 9.69 Å². The van der Waals surface area contributed by atoms with Gasteiger partial charge in [0.05, 0.1) is 12.6 Å². The predicted molar refractivity (Wildman–Crippen MR) is 91.7 cm³/mol. The topological polar surface area (TPSA) is 66.9 Å². The van der Waals surface area contributed by atoms with Crippen LogP contribution in [0.5, 0.6) is 0 Å². The van der Waals surface area contributed by atoms with Crippen LogP contribution >= 0.6 is 0 Å². The van der Waals surface area contributed by atoms with Gasteiger partial charge in [-0.05, 0) is 32.8 Å². The molecule has 2 heterocycles. The molecule has 0 radical (unpaired) electrons. The lowest BCUT2D eigenvalue weighted by Crippen LogP contribution is -2.63. The summed E-state index contributed by atoms with van der Waals surface area (Å²) in [5.74, 6) is -0.368. The summed E-state index contributed by atoms with van der Waals surface area (Å²) in [5.41, 5.74) is 0.292. The number of amides is 3. The van der Waals surface area contributed by atoms with E-state index >= 15 is 0 Å². The van der Waals surface area contributed by atoms with Crippen LogP contribution in [0.15, 0.2) is 30.3 Å². The Morgan fingerprint density at radius 2 is 1.88 bits per heavy atom. The van der Waals surface area contributed by atoms with Crippen molar-refractivity contribution in [3.8, 4) is 0 Å². The second-order valence-corrected chi connectivity index (χ2v) is 7.63. The number of rotatable bonds is 2. The van der Waals surface area contributed by atoms with Crippen LogP contribution in [0, 0.1) is 0 Å². The van der Waals surface area contributed by atoms with Gasteiger partial charge in [-0.1, -0.05) is 30.3 Å². The van der Waals surface area contributed by atoms with E-state index in [2.05, 4.69) is 0 Å². The van der Waals surface area contributed by atoms with Crippen molar-refractivity contribution >= 4 is 17.9 Å². The normalized spacial score (nSPS) is 23.6. The van der Waals surface area contributed by atoms with Gasteiger partial charge in [-0.3, -0.25) is 9.59 Å². The standard InChI is InChI=1S/C19H24N2O4/c1-19(2,3)25-18(24)20-12-14-9-10-16(22)21(14)15(17(20)23)11-13-7-5-4-6-8-13/h4-8,14-15H,9-12H2,1-3H3/t14-,15-/m0/s1. The summed E-state index contributed by atoms with van der Waals surface area (Å²) in [5, 5.41) is 0. The molecule has 3 amide bonds. The first-order valence-electron chi connectivity index (χ1n) is 8.66. The molecule has 2 aliphatic rings. The van der Waals surface area contributed by atoms with Crippen LogP contribution in [0.1, 0.15) is 39.2 Å². The van der Waals surface area contributed by atoms with Crippen molar-refractivity contribution in [2.24, 2.45) is 0 Å². The molecule has 0 N–H and O–H groups in total. The minimum Gasteiger partial charge on any atom is -0.443 e. The third-order valence-electron chi connectivity index (χ3n) is 4.54. The van der Waals surface area contributed by atoms with Crippen molar-refractivity contribution in [1.82, 2.24) is 9.80 Å². The quantitative estimate of drug-likeness (QED) is 0.826. The lowest BCUT2D eigenvalue weighted by molar-refractivity contribution is -0.150. The lowest BCUT2D eigenvalue weighted by atomic mass is 9.99. The molecule has 2 atom stereocenters. The maximum Gasteiger partial charge on any atom is 0.417 e. The molecule has 2 aliphatic heterocycles. The van der Waals surface area contributed by atoms with E-state index in [0.717, 1.165) is 5.56 Å². The Balaban J connectivity index is 1.86. The first-order valence-corrected chi connectivity index (χ1v) is 8.66. The summed E-state index contributed by atoms with van der Waals surface area (Å²) in [6.45, 7) is 5.52. The Labute approximate surface area is 147 Å².